The van der Waals surface area contributed by atoms with E-state index in [1.54, 1.807) is 10.9 Å². The Labute approximate surface area is 130 Å². The van der Waals surface area contributed by atoms with Crippen LogP contribution in [0.5, 0.6) is 0 Å². The first-order valence-corrected chi connectivity index (χ1v) is 7.82. The van der Waals surface area contributed by atoms with Gasteiger partial charge in [0.25, 0.3) is 0 Å². The minimum atomic E-state index is 0.0343. The molecule has 0 spiro atoms. The van der Waals surface area contributed by atoms with Gasteiger partial charge in [-0.05, 0) is 44.2 Å². The van der Waals surface area contributed by atoms with E-state index in [0.717, 1.165) is 11.4 Å². The van der Waals surface area contributed by atoms with Crippen LogP contribution in [0, 0.1) is 0 Å². The lowest BCUT2D eigenvalue weighted by molar-refractivity contribution is -0.117. The van der Waals surface area contributed by atoms with E-state index in [1.807, 2.05) is 43.6 Å². The molecule has 1 fully saturated rings. The van der Waals surface area contributed by atoms with Crippen LogP contribution in [-0.2, 0) is 4.79 Å². The highest BCUT2D eigenvalue weighted by atomic mass is 16.2. The topological polar surface area (TPSA) is 50.2 Å². The average molecular weight is 298 g/mol. The smallest absolute Gasteiger partial charge is 0.238 e. The highest BCUT2D eigenvalue weighted by Gasteiger charge is 2.21. The Bertz CT molecular complexity index is 617. The highest BCUT2D eigenvalue weighted by Crippen LogP contribution is 2.22. The Morgan fingerprint density at radius 2 is 2.18 bits per heavy atom. The summed E-state index contributed by atoms with van der Waals surface area (Å²) in [5.41, 5.74) is 1.74. The van der Waals surface area contributed by atoms with Gasteiger partial charge in [0.05, 0.1) is 12.2 Å². The van der Waals surface area contributed by atoms with Crippen molar-refractivity contribution in [2.75, 3.05) is 18.9 Å². The molecule has 22 heavy (non-hydrogen) atoms. The van der Waals surface area contributed by atoms with Crippen LogP contribution in [0.3, 0.4) is 0 Å². The molecule has 1 amide bonds. The van der Waals surface area contributed by atoms with Crippen molar-refractivity contribution in [1.29, 1.82) is 0 Å². The third-order valence-electron chi connectivity index (χ3n) is 4.24. The van der Waals surface area contributed by atoms with Gasteiger partial charge in [0, 0.05) is 24.1 Å². The van der Waals surface area contributed by atoms with Gasteiger partial charge in [-0.1, -0.05) is 18.9 Å². The lowest BCUT2D eigenvalue weighted by atomic mass is 10.2. The molecular weight excluding hydrogens is 276 g/mol. The number of hydrogen-bond donors (Lipinski definition) is 1. The van der Waals surface area contributed by atoms with Gasteiger partial charge in [0.2, 0.25) is 5.91 Å². The summed E-state index contributed by atoms with van der Waals surface area (Å²) in [4.78, 5) is 14.4. The second kappa shape index (κ2) is 6.75. The molecular formula is C17H22N4O. The first-order valence-electron chi connectivity index (χ1n) is 7.82. The number of aromatic nitrogens is 2. The molecule has 5 heteroatoms. The molecule has 1 N–H and O–H groups in total. The number of amides is 1. The molecule has 0 radical (unpaired) electrons. The van der Waals surface area contributed by atoms with Crippen molar-refractivity contribution < 1.29 is 4.79 Å². The van der Waals surface area contributed by atoms with Crippen LogP contribution in [0.1, 0.15) is 25.7 Å². The number of nitrogens with zero attached hydrogens (tertiary/aromatic N) is 3. The third-order valence-corrected chi connectivity index (χ3v) is 4.24. The minimum Gasteiger partial charge on any atom is -0.325 e. The van der Waals surface area contributed by atoms with Gasteiger partial charge in [0.1, 0.15) is 0 Å². The van der Waals surface area contributed by atoms with Crippen molar-refractivity contribution >= 4 is 11.6 Å². The Hall–Kier alpha value is -2.14. The third kappa shape index (κ3) is 3.54. The van der Waals surface area contributed by atoms with E-state index in [2.05, 4.69) is 15.3 Å². The predicted molar refractivity (Wildman–Crippen MR) is 87.1 cm³/mol. The summed E-state index contributed by atoms with van der Waals surface area (Å²) in [6, 6.07) is 10.2. The first-order chi connectivity index (χ1) is 10.7. The molecule has 3 rings (SSSR count). The van der Waals surface area contributed by atoms with Gasteiger partial charge in [-0.2, -0.15) is 5.10 Å². The lowest BCUT2D eigenvalue weighted by Crippen LogP contribution is -2.36. The second-order valence-corrected chi connectivity index (χ2v) is 5.90. The Balaban J connectivity index is 1.60. The summed E-state index contributed by atoms with van der Waals surface area (Å²) >= 11 is 0. The fourth-order valence-corrected chi connectivity index (χ4v) is 3.05. The summed E-state index contributed by atoms with van der Waals surface area (Å²) in [6.07, 6.45) is 8.60. The van der Waals surface area contributed by atoms with E-state index in [9.17, 15) is 4.79 Å². The Kier molecular flexibility index (Phi) is 4.53. The van der Waals surface area contributed by atoms with E-state index in [-0.39, 0.29) is 5.91 Å². The van der Waals surface area contributed by atoms with E-state index in [0.29, 0.717) is 12.6 Å². The van der Waals surface area contributed by atoms with Crippen LogP contribution in [0.2, 0.25) is 0 Å². The SMILES string of the molecule is CN(CC(=O)Nc1cccc(-n2cccn2)c1)C1CCCC1. The monoisotopic (exact) mass is 298 g/mol. The number of nitrogens with one attached hydrogen (secondary N) is 1. The largest absolute Gasteiger partial charge is 0.325 e. The molecule has 1 aromatic heterocycles. The van der Waals surface area contributed by atoms with Crippen molar-refractivity contribution in [2.45, 2.75) is 31.7 Å². The van der Waals surface area contributed by atoms with Crippen LogP contribution >= 0.6 is 0 Å². The molecule has 0 atom stereocenters. The van der Waals surface area contributed by atoms with Crippen LogP contribution in [-0.4, -0.2) is 40.2 Å². The second-order valence-electron chi connectivity index (χ2n) is 5.90. The maximum absolute atomic E-state index is 12.2. The highest BCUT2D eigenvalue weighted by molar-refractivity contribution is 5.92. The van der Waals surface area contributed by atoms with Crippen molar-refractivity contribution in [1.82, 2.24) is 14.7 Å². The molecule has 5 nitrogen and oxygen atoms in total. The van der Waals surface area contributed by atoms with Crippen molar-refractivity contribution in [3.8, 4) is 5.69 Å². The number of carbonyl (C=O) groups is 1. The van der Waals surface area contributed by atoms with Gasteiger partial charge >= 0.3 is 0 Å². The molecule has 0 saturated heterocycles. The molecule has 0 bridgehead atoms. The first kappa shape index (κ1) is 14.8. The van der Waals surface area contributed by atoms with E-state index >= 15 is 0 Å². The van der Waals surface area contributed by atoms with E-state index < -0.39 is 0 Å². The number of likely N-dealkylation sites (N-methyl/N-ethyl adjacent to an activating group) is 1. The van der Waals surface area contributed by atoms with Crippen LogP contribution in [0.25, 0.3) is 5.69 Å². The Morgan fingerprint density at radius 3 is 2.91 bits per heavy atom. The molecule has 0 unspecified atom stereocenters. The van der Waals surface area contributed by atoms with Gasteiger partial charge in [0.15, 0.2) is 0 Å². The summed E-state index contributed by atoms with van der Waals surface area (Å²) in [7, 11) is 2.04. The molecule has 0 aliphatic heterocycles. The Morgan fingerprint density at radius 1 is 1.36 bits per heavy atom. The van der Waals surface area contributed by atoms with Crippen LogP contribution in [0.15, 0.2) is 42.7 Å². The standard InChI is InChI=1S/C17H22N4O/c1-20(15-7-2-3-8-15)13-17(22)19-14-6-4-9-16(12-14)21-11-5-10-18-21/h4-6,9-12,15H,2-3,7-8,13H2,1H3,(H,19,22). The van der Waals surface area contributed by atoms with Crippen molar-refractivity contribution in [3.05, 3.63) is 42.7 Å². The van der Waals surface area contributed by atoms with Gasteiger partial charge in [-0.3, -0.25) is 9.69 Å². The van der Waals surface area contributed by atoms with Crippen molar-refractivity contribution in [2.24, 2.45) is 0 Å². The summed E-state index contributed by atoms with van der Waals surface area (Å²) in [6.45, 7) is 0.441. The van der Waals surface area contributed by atoms with Crippen LogP contribution in [0.4, 0.5) is 5.69 Å². The van der Waals surface area contributed by atoms with Gasteiger partial charge in [-0.25, -0.2) is 4.68 Å². The number of anilines is 1. The maximum Gasteiger partial charge on any atom is 0.238 e. The summed E-state index contributed by atoms with van der Waals surface area (Å²) < 4.78 is 1.78. The molecule has 1 aromatic carbocycles. The molecule has 1 aliphatic carbocycles. The maximum atomic E-state index is 12.2. The zero-order valence-electron chi connectivity index (χ0n) is 12.9. The number of benzene rings is 1. The van der Waals surface area contributed by atoms with Crippen molar-refractivity contribution in [3.63, 3.8) is 0 Å². The fourth-order valence-electron chi connectivity index (χ4n) is 3.05. The molecule has 2 aromatic rings. The number of carbonyl (C=O) groups excluding carboxylic acids is 1. The minimum absolute atomic E-state index is 0.0343. The van der Waals surface area contributed by atoms with Gasteiger partial charge < -0.3 is 5.32 Å². The van der Waals surface area contributed by atoms with E-state index in [4.69, 9.17) is 0 Å². The summed E-state index contributed by atoms with van der Waals surface area (Å²) in [5.74, 6) is 0.0343. The van der Waals surface area contributed by atoms with Gasteiger partial charge in [-0.15, -0.1) is 0 Å². The normalized spacial score (nSPS) is 15.4. The van der Waals surface area contributed by atoms with Crippen LogP contribution < -0.4 is 5.32 Å². The number of hydrogen-bond acceptors (Lipinski definition) is 3. The van der Waals surface area contributed by atoms with E-state index in [1.165, 1.54) is 25.7 Å². The predicted octanol–water partition coefficient (Wildman–Crippen LogP) is 2.69. The molecule has 116 valence electrons. The lowest BCUT2D eigenvalue weighted by Gasteiger charge is -2.23. The quantitative estimate of drug-likeness (QED) is 0.923. The fraction of sp³-hybridized carbons (Fsp3) is 0.412. The summed E-state index contributed by atoms with van der Waals surface area (Å²) in [5, 5.41) is 7.18. The average Bonchev–Trinajstić information content (AvgIpc) is 3.21. The molecule has 1 aliphatic rings. The molecule has 1 saturated carbocycles. The number of rotatable bonds is 5. The zero-order valence-corrected chi connectivity index (χ0v) is 12.9. The molecule has 1 heterocycles. The zero-order chi connectivity index (χ0) is 15.4.